The minimum absolute atomic E-state index is 0.00231. The van der Waals surface area contributed by atoms with Crippen LogP contribution in [0.3, 0.4) is 0 Å². The molecule has 0 saturated heterocycles. The fraction of sp³-hybridized carbons (Fsp3) is 0. The number of rotatable bonds is 7. The molecule has 162 valence electrons. The number of carbonyl (C=O) groups excluding carboxylic acids is 1. The zero-order chi connectivity index (χ0) is 23.2. The maximum atomic E-state index is 12.5. The fourth-order valence-electron chi connectivity index (χ4n) is 3.41. The van der Waals surface area contributed by atoms with Crippen molar-refractivity contribution in [2.24, 2.45) is 0 Å². The Morgan fingerprint density at radius 2 is 1.33 bits per heavy atom. The molecule has 0 radical (unpaired) electrons. The van der Waals surface area contributed by atoms with Crippen molar-refractivity contribution in [1.29, 1.82) is 0 Å². The van der Waals surface area contributed by atoms with Crippen molar-refractivity contribution in [3.8, 4) is 0 Å². The van der Waals surface area contributed by atoms with Crippen LogP contribution in [-0.4, -0.2) is 10.7 Å². The van der Waals surface area contributed by atoms with Crippen molar-refractivity contribution >= 4 is 46.2 Å². The van der Waals surface area contributed by atoms with Gasteiger partial charge in [-0.1, -0.05) is 66.2 Å². The van der Waals surface area contributed by atoms with E-state index in [0.29, 0.717) is 0 Å². The van der Waals surface area contributed by atoms with Gasteiger partial charge in [-0.25, -0.2) is 0 Å². The molecule has 6 heteroatoms. The molecule has 0 amide bonds. The van der Waals surface area contributed by atoms with Gasteiger partial charge in [0.1, 0.15) is 5.02 Å². The maximum absolute atomic E-state index is 12.5. The normalized spacial score (nSPS) is 10.8. The Kier molecular flexibility index (Phi) is 6.62. The number of anilines is 3. The summed E-state index contributed by atoms with van der Waals surface area (Å²) in [7, 11) is 0. The summed E-state index contributed by atoms with van der Waals surface area (Å²) >= 11 is 5.82. The first kappa shape index (κ1) is 22.0. The molecule has 0 saturated carbocycles. The Balaban J connectivity index is 1.57. The average molecular weight is 455 g/mol. The molecular weight excluding hydrogens is 436 g/mol. The van der Waals surface area contributed by atoms with Gasteiger partial charge in [-0.15, -0.1) is 0 Å². The van der Waals surface area contributed by atoms with Crippen molar-refractivity contribution in [3.63, 3.8) is 0 Å². The van der Waals surface area contributed by atoms with E-state index in [1.54, 1.807) is 6.08 Å². The van der Waals surface area contributed by atoms with E-state index in [1.165, 1.54) is 24.3 Å². The number of halogens is 1. The third kappa shape index (κ3) is 5.17. The molecular formula is C27H19ClN2O3. The molecule has 5 nitrogen and oxygen atoms in total. The predicted octanol–water partition coefficient (Wildman–Crippen LogP) is 7.61. The highest BCUT2D eigenvalue weighted by Crippen LogP contribution is 2.34. The Morgan fingerprint density at radius 1 is 0.788 bits per heavy atom. The quantitative estimate of drug-likeness (QED) is 0.125. The number of allylic oxidation sites excluding steroid dienone is 1. The highest BCUT2D eigenvalue weighted by molar-refractivity contribution is 6.32. The number of nitro benzene ring substituents is 1. The van der Waals surface area contributed by atoms with E-state index in [-0.39, 0.29) is 22.1 Å². The molecule has 0 spiro atoms. The Morgan fingerprint density at radius 3 is 1.88 bits per heavy atom. The molecule has 0 heterocycles. The Labute approximate surface area is 196 Å². The number of benzene rings is 4. The molecule has 4 aromatic rings. The van der Waals surface area contributed by atoms with Crippen LogP contribution in [0.2, 0.25) is 5.02 Å². The van der Waals surface area contributed by atoms with E-state index in [1.807, 2.05) is 84.9 Å². The van der Waals surface area contributed by atoms with Crippen LogP contribution in [0, 0.1) is 10.1 Å². The average Bonchev–Trinajstić information content (AvgIpc) is 2.85. The van der Waals surface area contributed by atoms with E-state index < -0.39 is 4.92 Å². The van der Waals surface area contributed by atoms with Gasteiger partial charge in [0.05, 0.1) is 4.92 Å². The Hall–Kier alpha value is -4.22. The fourth-order valence-corrected chi connectivity index (χ4v) is 3.60. The van der Waals surface area contributed by atoms with Gasteiger partial charge >= 0.3 is 0 Å². The molecule has 0 aliphatic carbocycles. The third-order valence-electron chi connectivity index (χ3n) is 5.03. The first-order valence-corrected chi connectivity index (χ1v) is 10.6. The first-order chi connectivity index (χ1) is 16.0. The van der Waals surface area contributed by atoms with Crippen molar-refractivity contribution < 1.29 is 9.72 Å². The summed E-state index contributed by atoms with van der Waals surface area (Å²) in [4.78, 5) is 25.1. The number of nitrogens with zero attached hydrogens (tertiary/aromatic N) is 2. The molecule has 0 bridgehead atoms. The summed E-state index contributed by atoms with van der Waals surface area (Å²) in [5.41, 5.74) is 3.79. The number of ketones is 1. The standard InChI is InChI=1S/C27H19ClN2O3/c28-25-17-14-21(19-26(25)30(32)33)27(31)18-13-20-11-15-24(16-12-20)29(22-7-3-1-4-8-22)23-9-5-2-6-10-23/h1-19H. The molecule has 0 aromatic heterocycles. The second-order valence-electron chi connectivity index (χ2n) is 7.22. The van der Waals surface area contributed by atoms with Gasteiger partial charge in [0.2, 0.25) is 0 Å². The maximum Gasteiger partial charge on any atom is 0.288 e. The minimum Gasteiger partial charge on any atom is -0.311 e. The molecule has 0 unspecified atom stereocenters. The monoisotopic (exact) mass is 454 g/mol. The van der Waals surface area contributed by atoms with E-state index >= 15 is 0 Å². The lowest BCUT2D eigenvalue weighted by Crippen LogP contribution is -2.09. The first-order valence-electron chi connectivity index (χ1n) is 10.2. The second kappa shape index (κ2) is 9.94. The van der Waals surface area contributed by atoms with Crippen LogP contribution in [0.1, 0.15) is 15.9 Å². The minimum atomic E-state index is -0.604. The van der Waals surface area contributed by atoms with Crippen molar-refractivity contribution in [1.82, 2.24) is 0 Å². The molecule has 4 aromatic carbocycles. The molecule has 33 heavy (non-hydrogen) atoms. The van der Waals surface area contributed by atoms with E-state index in [4.69, 9.17) is 11.6 Å². The Bertz CT molecular complexity index is 1270. The van der Waals surface area contributed by atoms with Gasteiger partial charge in [-0.2, -0.15) is 0 Å². The van der Waals surface area contributed by atoms with E-state index in [2.05, 4.69) is 4.90 Å². The van der Waals surface area contributed by atoms with Crippen LogP contribution in [0.5, 0.6) is 0 Å². The smallest absolute Gasteiger partial charge is 0.288 e. The van der Waals surface area contributed by atoms with Crippen LogP contribution in [-0.2, 0) is 0 Å². The summed E-state index contributed by atoms with van der Waals surface area (Å²) in [6.07, 6.45) is 3.08. The van der Waals surface area contributed by atoms with Crippen LogP contribution in [0.15, 0.2) is 109 Å². The number of carbonyl (C=O) groups is 1. The van der Waals surface area contributed by atoms with Gasteiger partial charge in [0, 0.05) is 28.7 Å². The van der Waals surface area contributed by atoms with Gasteiger partial charge in [-0.05, 0) is 60.2 Å². The highest BCUT2D eigenvalue weighted by Gasteiger charge is 2.15. The van der Waals surface area contributed by atoms with Crippen LogP contribution >= 0.6 is 11.6 Å². The number of hydrogen-bond donors (Lipinski definition) is 0. The van der Waals surface area contributed by atoms with Gasteiger partial charge < -0.3 is 4.90 Å². The predicted molar refractivity (Wildman–Crippen MR) is 133 cm³/mol. The third-order valence-corrected chi connectivity index (χ3v) is 5.35. The van der Waals surface area contributed by atoms with E-state index in [0.717, 1.165) is 22.6 Å². The molecule has 0 aliphatic rings. The zero-order valence-electron chi connectivity index (χ0n) is 17.5. The lowest BCUT2D eigenvalue weighted by molar-refractivity contribution is -0.384. The zero-order valence-corrected chi connectivity index (χ0v) is 18.2. The SMILES string of the molecule is O=C(C=Cc1ccc(N(c2ccccc2)c2ccccc2)cc1)c1ccc(Cl)c([N+](=O)[O-])c1. The highest BCUT2D eigenvalue weighted by atomic mass is 35.5. The summed E-state index contributed by atoms with van der Waals surface area (Å²) in [6, 6.07) is 32.0. The second-order valence-corrected chi connectivity index (χ2v) is 7.63. The number of nitro groups is 1. The van der Waals surface area contributed by atoms with Crippen molar-refractivity contribution in [2.45, 2.75) is 0 Å². The van der Waals surface area contributed by atoms with Gasteiger partial charge in [0.25, 0.3) is 5.69 Å². The molecule has 0 N–H and O–H groups in total. The van der Waals surface area contributed by atoms with E-state index in [9.17, 15) is 14.9 Å². The van der Waals surface area contributed by atoms with Crippen molar-refractivity contribution in [3.05, 3.63) is 135 Å². The molecule has 0 aliphatic heterocycles. The number of para-hydroxylation sites is 2. The summed E-state index contributed by atoms with van der Waals surface area (Å²) in [5, 5.41) is 11.1. The number of hydrogen-bond acceptors (Lipinski definition) is 4. The lowest BCUT2D eigenvalue weighted by Gasteiger charge is -2.25. The van der Waals surface area contributed by atoms with Crippen LogP contribution in [0.4, 0.5) is 22.7 Å². The molecule has 0 atom stereocenters. The van der Waals surface area contributed by atoms with Gasteiger partial charge in [0.15, 0.2) is 5.78 Å². The largest absolute Gasteiger partial charge is 0.311 e. The van der Waals surface area contributed by atoms with Crippen LogP contribution < -0.4 is 4.90 Å². The van der Waals surface area contributed by atoms with Crippen LogP contribution in [0.25, 0.3) is 6.08 Å². The molecule has 4 rings (SSSR count). The summed E-state index contributed by atoms with van der Waals surface area (Å²) < 4.78 is 0. The lowest BCUT2D eigenvalue weighted by atomic mass is 10.1. The summed E-state index contributed by atoms with van der Waals surface area (Å²) in [6.45, 7) is 0. The van der Waals surface area contributed by atoms with Crippen molar-refractivity contribution in [2.75, 3.05) is 4.90 Å². The van der Waals surface area contributed by atoms with Gasteiger partial charge in [-0.3, -0.25) is 14.9 Å². The molecule has 0 fully saturated rings. The summed E-state index contributed by atoms with van der Waals surface area (Å²) in [5.74, 6) is -0.339. The topological polar surface area (TPSA) is 63.5 Å².